The number of hydrogen-bond acceptors (Lipinski definition) is 3. The molecule has 1 saturated heterocycles. The smallest absolute Gasteiger partial charge is 0.147 e. The highest BCUT2D eigenvalue weighted by atomic mass is 17.2. The van der Waals surface area contributed by atoms with E-state index < -0.39 is 11.2 Å². The lowest BCUT2D eigenvalue weighted by Crippen LogP contribution is -2.69. The second kappa shape index (κ2) is 7.05. The maximum atomic E-state index is 10.4. The first-order valence-corrected chi connectivity index (χ1v) is 12.7. The minimum Gasteiger partial charge on any atom is -0.393 e. The lowest BCUT2D eigenvalue weighted by atomic mass is 9.47. The Hall–Kier alpha value is -0.900. The van der Waals surface area contributed by atoms with E-state index in [1.807, 2.05) is 0 Å². The Morgan fingerprint density at radius 3 is 2.48 bits per heavy atom. The van der Waals surface area contributed by atoms with Crippen LogP contribution in [-0.4, -0.2) is 22.4 Å². The third-order valence-corrected chi connectivity index (χ3v) is 10.5. The molecule has 2 heterocycles. The molecule has 172 valence electrons. The van der Waals surface area contributed by atoms with Gasteiger partial charge in [-0.25, -0.2) is 9.78 Å². The summed E-state index contributed by atoms with van der Waals surface area (Å²) >= 11 is 0. The highest BCUT2D eigenvalue weighted by Gasteiger charge is 2.71. The summed E-state index contributed by atoms with van der Waals surface area (Å²) in [5.74, 6) is 2.98. The van der Waals surface area contributed by atoms with Gasteiger partial charge in [0.25, 0.3) is 0 Å². The van der Waals surface area contributed by atoms with Crippen LogP contribution in [0.3, 0.4) is 0 Å². The van der Waals surface area contributed by atoms with Gasteiger partial charge in [0.05, 0.1) is 6.10 Å². The molecule has 31 heavy (non-hydrogen) atoms. The number of rotatable bonds is 4. The molecule has 1 N–H and O–H groups in total. The van der Waals surface area contributed by atoms with Crippen molar-refractivity contribution in [3.8, 4) is 0 Å². The molecule has 6 aliphatic rings. The first-order chi connectivity index (χ1) is 14.6. The maximum Gasteiger partial charge on any atom is 0.147 e. The molecular weight excluding hydrogens is 384 g/mol. The molecule has 3 nitrogen and oxygen atoms in total. The zero-order valence-electron chi connectivity index (χ0n) is 20.4. The van der Waals surface area contributed by atoms with Crippen molar-refractivity contribution in [2.24, 2.45) is 40.4 Å². The standard InChI is InChI=1S/C28H42O3/c1-18(2)19(3)7-8-20(4)22-9-10-23-25(22,5)13-12-24-26(6)14-11-21(29)17-27(26)15-16-28(23,24)31-30-27/h7-8,12,15-16,18-23,29H,9-11,13-14,17H2,1-6H3/b8-7+/t19?,20-,21+,22?,23?,25-,26-,27-,28+/m1/s1. The number of hydrogen-bond donors (Lipinski definition) is 1. The van der Waals surface area contributed by atoms with Gasteiger partial charge in [-0.15, -0.1) is 0 Å². The predicted octanol–water partition coefficient (Wildman–Crippen LogP) is 6.39. The van der Waals surface area contributed by atoms with Crippen LogP contribution >= 0.6 is 0 Å². The molecule has 2 bridgehead atoms. The first kappa shape index (κ1) is 21.9. The van der Waals surface area contributed by atoms with Crippen molar-refractivity contribution in [3.05, 3.63) is 36.0 Å². The van der Waals surface area contributed by atoms with Crippen LogP contribution in [0.2, 0.25) is 0 Å². The van der Waals surface area contributed by atoms with Crippen LogP contribution in [0.1, 0.15) is 80.1 Å². The largest absolute Gasteiger partial charge is 0.393 e. The Morgan fingerprint density at radius 1 is 1.03 bits per heavy atom. The molecule has 2 spiro atoms. The van der Waals surface area contributed by atoms with Gasteiger partial charge in [-0.1, -0.05) is 59.8 Å². The van der Waals surface area contributed by atoms with Crippen LogP contribution in [0, 0.1) is 40.4 Å². The monoisotopic (exact) mass is 426 g/mol. The normalized spacial score (nSPS) is 50.2. The van der Waals surface area contributed by atoms with E-state index in [1.54, 1.807) is 0 Å². The minimum atomic E-state index is -0.507. The van der Waals surface area contributed by atoms with Crippen LogP contribution in [0.4, 0.5) is 0 Å². The fourth-order valence-electron chi connectivity index (χ4n) is 8.01. The van der Waals surface area contributed by atoms with Gasteiger partial charge in [0.1, 0.15) is 11.2 Å². The van der Waals surface area contributed by atoms with Gasteiger partial charge in [0, 0.05) is 17.8 Å². The van der Waals surface area contributed by atoms with Gasteiger partial charge in [0.15, 0.2) is 0 Å². The van der Waals surface area contributed by atoms with Crippen molar-refractivity contribution in [2.75, 3.05) is 0 Å². The van der Waals surface area contributed by atoms with E-state index in [2.05, 4.69) is 71.9 Å². The molecule has 0 aromatic rings. The number of allylic oxidation sites excluding steroid dienone is 3. The Balaban J connectivity index is 1.48. The number of fused-ring (bicyclic) bond motifs is 2. The van der Waals surface area contributed by atoms with E-state index in [-0.39, 0.29) is 16.9 Å². The van der Waals surface area contributed by atoms with Gasteiger partial charge in [-0.2, -0.15) is 0 Å². The third kappa shape index (κ3) is 2.82. The summed E-state index contributed by atoms with van der Waals surface area (Å²) in [4.78, 5) is 12.6. The van der Waals surface area contributed by atoms with Gasteiger partial charge < -0.3 is 5.11 Å². The average Bonchev–Trinajstić information content (AvgIpc) is 3.09. The van der Waals surface area contributed by atoms with Gasteiger partial charge in [-0.3, -0.25) is 0 Å². The maximum absolute atomic E-state index is 10.4. The van der Waals surface area contributed by atoms with Crippen molar-refractivity contribution in [2.45, 2.75) is 97.4 Å². The van der Waals surface area contributed by atoms with Crippen molar-refractivity contribution < 1.29 is 14.9 Å². The second-order valence-electron chi connectivity index (χ2n) is 12.3. The molecule has 2 aliphatic heterocycles. The zero-order valence-corrected chi connectivity index (χ0v) is 20.4. The van der Waals surface area contributed by atoms with Crippen LogP contribution < -0.4 is 0 Å². The Bertz CT molecular complexity index is 826. The Morgan fingerprint density at radius 2 is 1.81 bits per heavy atom. The van der Waals surface area contributed by atoms with E-state index in [1.165, 1.54) is 18.4 Å². The molecule has 0 amide bonds. The molecule has 4 aliphatic carbocycles. The zero-order chi connectivity index (χ0) is 22.2. The van der Waals surface area contributed by atoms with E-state index >= 15 is 0 Å². The predicted molar refractivity (Wildman–Crippen MR) is 124 cm³/mol. The third-order valence-electron chi connectivity index (χ3n) is 10.5. The number of aliphatic hydroxyl groups excluding tert-OH is 1. The summed E-state index contributed by atoms with van der Waals surface area (Å²) < 4.78 is 0. The van der Waals surface area contributed by atoms with Crippen LogP contribution in [0.5, 0.6) is 0 Å². The van der Waals surface area contributed by atoms with E-state index in [4.69, 9.17) is 9.78 Å². The highest BCUT2D eigenvalue weighted by molar-refractivity contribution is 5.48. The number of aliphatic hydroxyl groups is 1. The second-order valence-corrected chi connectivity index (χ2v) is 12.3. The van der Waals surface area contributed by atoms with Crippen LogP contribution in [0.25, 0.3) is 0 Å². The molecule has 0 aromatic carbocycles. The SMILES string of the molecule is CC(C)C(C)/C=C/[C@@H](C)C1CCC2[C@]1(C)CC=C1[C@]23C=C[C@]2(C[C@@H](O)CC[C@]12C)OO3. The molecule has 0 radical (unpaired) electrons. The van der Waals surface area contributed by atoms with Gasteiger partial charge in [-0.05, 0) is 78.9 Å². The molecule has 9 atom stereocenters. The molecule has 3 heteroatoms. The summed E-state index contributed by atoms with van der Waals surface area (Å²) in [7, 11) is 0. The average molecular weight is 427 g/mol. The minimum absolute atomic E-state index is 0.0726. The van der Waals surface area contributed by atoms with E-state index in [0.717, 1.165) is 19.3 Å². The molecule has 3 unspecified atom stereocenters. The van der Waals surface area contributed by atoms with E-state index in [0.29, 0.717) is 36.0 Å². The van der Waals surface area contributed by atoms with Gasteiger partial charge in [0.2, 0.25) is 0 Å². The van der Waals surface area contributed by atoms with Crippen LogP contribution in [-0.2, 0) is 9.78 Å². The van der Waals surface area contributed by atoms with Crippen molar-refractivity contribution >= 4 is 0 Å². The lowest BCUT2D eigenvalue weighted by molar-refractivity contribution is -0.455. The summed E-state index contributed by atoms with van der Waals surface area (Å²) in [5.41, 5.74) is 0.656. The molecule has 3 fully saturated rings. The van der Waals surface area contributed by atoms with Crippen molar-refractivity contribution in [1.29, 1.82) is 0 Å². The molecule has 6 rings (SSSR count). The lowest BCUT2D eigenvalue weighted by Gasteiger charge is -2.66. The summed E-state index contributed by atoms with van der Waals surface area (Å²) in [6.07, 6.45) is 17.8. The summed E-state index contributed by atoms with van der Waals surface area (Å²) in [6.45, 7) is 14.2. The summed E-state index contributed by atoms with van der Waals surface area (Å²) in [5, 5.41) is 10.4. The quantitative estimate of drug-likeness (QED) is 0.418. The van der Waals surface area contributed by atoms with E-state index in [9.17, 15) is 5.11 Å². The fraction of sp³-hybridized carbons (Fsp3) is 0.786. The van der Waals surface area contributed by atoms with Crippen molar-refractivity contribution in [3.63, 3.8) is 0 Å². The Kier molecular flexibility index (Phi) is 4.98. The molecular formula is C28H42O3. The van der Waals surface area contributed by atoms with Gasteiger partial charge >= 0.3 is 0 Å². The van der Waals surface area contributed by atoms with Crippen molar-refractivity contribution in [1.82, 2.24) is 0 Å². The Labute approximate surface area is 188 Å². The molecule has 2 saturated carbocycles. The first-order valence-electron chi connectivity index (χ1n) is 12.7. The fourth-order valence-corrected chi connectivity index (χ4v) is 8.01. The van der Waals surface area contributed by atoms with Crippen LogP contribution in [0.15, 0.2) is 36.0 Å². The topological polar surface area (TPSA) is 38.7 Å². The summed E-state index contributed by atoms with van der Waals surface area (Å²) in [6, 6.07) is 0. The molecule has 0 aromatic heterocycles. The highest BCUT2D eigenvalue weighted by Crippen LogP contribution is 2.71.